The van der Waals surface area contributed by atoms with Gasteiger partial charge in [0.2, 0.25) is 5.91 Å². The molecule has 7 nitrogen and oxygen atoms in total. The molecule has 0 saturated carbocycles. The summed E-state index contributed by atoms with van der Waals surface area (Å²) in [5, 5.41) is 0. The second-order valence-corrected chi connectivity index (χ2v) is 6.97. The van der Waals surface area contributed by atoms with Crippen LogP contribution in [0.4, 0.5) is 0 Å². The molecular formula is C12H21NO6S. The molecule has 2 atom stereocenters. The van der Waals surface area contributed by atoms with Crippen LogP contribution in [0.15, 0.2) is 0 Å². The highest BCUT2D eigenvalue weighted by Crippen LogP contribution is 2.30. The largest absolute Gasteiger partial charge is 0.466 e. The molecule has 0 aromatic rings. The number of carbonyl (C=O) groups excluding carboxylic acids is 2. The molecule has 0 N–H and O–H groups in total. The predicted octanol–water partition coefficient (Wildman–Crippen LogP) is 0.704. The van der Waals surface area contributed by atoms with Crippen molar-refractivity contribution in [3.8, 4) is 0 Å². The summed E-state index contributed by atoms with van der Waals surface area (Å²) in [6.45, 7) is 7.81. The molecule has 1 rings (SSSR count). The van der Waals surface area contributed by atoms with Gasteiger partial charge in [-0.15, -0.1) is 0 Å². The Morgan fingerprint density at radius 1 is 1.35 bits per heavy atom. The van der Waals surface area contributed by atoms with E-state index in [2.05, 4.69) is 0 Å². The van der Waals surface area contributed by atoms with Crippen molar-refractivity contribution in [3.05, 3.63) is 0 Å². The van der Waals surface area contributed by atoms with Crippen LogP contribution < -0.4 is 0 Å². The van der Waals surface area contributed by atoms with Crippen LogP contribution in [0.25, 0.3) is 0 Å². The lowest BCUT2D eigenvalue weighted by Gasteiger charge is -2.41. The zero-order valence-electron chi connectivity index (χ0n) is 12.4. The molecule has 1 aliphatic heterocycles. The topological polar surface area (TPSA) is 90.0 Å². The second-order valence-electron chi connectivity index (χ2n) is 5.49. The molecule has 0 aromatic carbocycles. The summed E-state index contributed by atoms with van der Waals surface area (Å²) in [7, 11) is -4.16. The van der Waals surface area contributed by atoms with Crippen molar-refractivity contribution < 1.29 is 26.9 Å². The quantitative estimate of drug-likeness (QED) is 0.530. The van der Waals surface area contributed by atoms with E-state index in [1.54, 1.807) is 20.8 Å². The molecule has 1 aliphatic rings. The summed E-state index contributed by atoms with van der Waals surface area (Å²) < 4.78 is 34.3. The standard InChI is InChI=1S/C12H21NO6S/c1-6-18-11(15)12(4,5)7-19-20(16,17)13-9(3)8(2)10(13)14/h8-9H,6-7H2,1-5H3/t8-,9-/m0/s1. The molecule has 1 amide bonds. The minimum atomic E-state index is -4.16. The Balaban J connectivity index is 2.69. The Labute approximate surface area is 119 Å². The van der Waals surface area contributed by atoms with Crippen molar-refractivity contribution in [3.63, 3.8) is 0 Å². The van der Waals surface area contributed by atoms with Crippen molar-refractivity contribution in [2.24, 2.45) is 11.3 Å². The van der Waals surface area contributed by atoms with Crippen LogP contribution in [0.1, 0.15) is 34.6 Å². The fourth-order valence-electron chi connectivity index (χ4n) is 1.71. The van der Waals surface area contributed by atoms with Crippen LogP contribution in [0.5, 0.6) is 0 Å². The average molecular weight is 307 g/mol. The molecule has 0 bridgehead atoms. The van der Waals surface area contributed by atoms with E-state index in [1.165, 1.54) is 13.8 Å². The molecule has 0 aliphatic carbocycles. The zero-order valence-corrected chi connectivity index (χ0v) is 13.2. The molecule has 0 spiro atoms. The molecule has 116 valence electrons. The van der Waals surface area contributed by atoms with E-state index in [0.717, 1.165) is 0 Å². The van der Waals surface area contributed by atoms with Crippen LogP contribution in [0, 0.1) is 11.3 Å². The summed E-state index contributed by atoms with van der Waals surface area (Å²) in [4.78, 5) is 23.2. The summed E-state index contributed by atoms with van der Waals surface area (Å²) in [6.07, 6.45) is 0. The van der Waals surface area contributed by atoms with E-state index in [4.69, 9.17) is 8.92 Å². The summed E-state index contributed by atoms with van der Waals surface area (Å²) in [5.41, 5.74) is -1.11. The Morgan fingerprint density at radius 3 is 2.35 bits per heavy atom. The van der Waals surface area contributed by atoms with Crippen molar-refractivity contribution in [1.82, 2.24) is 4.31 Å². The van der Waals surface area contributed by atoms with Crippen LogP contribution in [-0.2, 0) is 28.8 Å². The van der Waals surface area contributed by atoms with E-state index in [0.29, 0.717) is 4.31 Å². The third kappa shape index (κ3) is 3.12. The van der Waals surface area contributed by atoms with Gasteiger partial charge in [0.1, 0.15) is 0 Å². The van der Waals surface area contributed by atoms with Gasteiger partial charge in [0, 0.05) is 0 Å². The number of rotatable bonds is 6. The monoisotopic (exact) mass is 307 g/mol. The smallest absolute Gasteiger partial charge is 0.364 e. The van der Waals surface area contributed by atoms with Crippen LogP contribution in [0.2, 0.25) is 0 Å². The second kappa shape index (κ2) is 5.69. The van der Waals surface area contributed by atoms with Gasteiger partial charge >= 0.3 is 16.3 Å². The van der Waals surface area contributed by atoms with Gasteiger partial charge in [0.25, 0.3) is 0 Å². The Bertz CT molecular complexity index is 498. The van der Waals surface area contributed by atoms with Crippen molar-refractivity contribution in [1.29, 1.82) is 0 Å². The highest BCUT2D eigenvalue weighted by Gasteiger charge is 2.49. The van der Waals surface area contributed by atoms with Gasteiger partial charge in [0.05, 0.1) is 30.6 Å². The summed E-state index contributed by atoms with van der Waals surface area (Å²) in [6, 6.07) is -0.432. The number of esters is 1. The van der Waals surface area contributed by atoms with Crippen LogP contribution in [-0.4, -0.2) is 43.9 Å². The van der Waals surface area contributed by atoms with Crippen molar-refractivity contribution in [2.45, 2.75) is 40.7 Å². The minimum absolute atomic E-state index is 0.203. The van der Waals surface area contributed by atoms with E-state index in [-0.39, 0.29) is 19.1 Å². The molecule has 1 fully saturated rings. The first-order chi connectivity index (χ1) is 9.04. The molecule has 0 aromatic heterocycles. The average Bonchev–Trinajstić information content (AvgIpc) is 2.36. The lowest BCUT2D eigenvalue weighted by Crippen LogP contribution is -2.61. The molecule has 0 unspecified atom stereocenters. The van der Waals surface area contributed by atoms with Crippen LogP contribution >= 0.6 is 0 Å². The van der Waals surface area contributed by atoms with Gasteiger partial charge in [-0.1, -0.05) is 6.92 Å². The fraction of sp³-hybridized carbons (Fsp3) is 0.833. The lowest BCUT2D eigenvalue weighted by molar-refractivity contribution is -0.155. The van der Waals surface area contributed by atoms with E-state index in [1.807, 2.05) is 0 Å². The van der Waals surface area contributed by atoms with Gasteiger partial charge in [-0.3, -0.25) is 13.8 Å². The molecular weight excluding hydrogens is 286 g/mol. The van der Waals surface area contributed by atoms with Gasteiger partial charge in [0.15, 0.2) is 0 Å². The number of ether oxygens (including phenoxy) is 1. The predicted molar refractivity (Wildman–Crippen MR) is 70.8 cm³/mol. The van der Waals surface area contributed by atoms with E-state index < -0.39 is 33.6 Å². The molecule has 1 saturated heterocycles. The SMILES string of the molecule is CCOC(=O)C(C)(C)COS(=O)(=O)N1C(=O)[C@@H](C)[C@@H]1C. The summed E-state index contributed by atoms with van der Waals surface area (Å²) in [5.74, 6) is -1.38. The maximum absolute atomic E-state index is 11.9. The van der Waals surface area contributed by atoms with Gasteiger partial charge in [-0.25, -0.2) is 4.31 Å². The number of carbonyl (C=O) groups is 2. The van der Waals surface area contributed by atoms with Crippen LogP contribution in [0.3, 0.4) is 0 Å². The molecule has 8 heteroatoms. The molecule has 0 radical (unpaired) electrons. The Kier molecular flexibility index (Phi) is 4.81. The zero-order chi connectivity index (χ0) is 15.7. The number of β-lactam (4-membered cyclic amide) rings is 1. The highest BCUT2D eigenvalue weighted by molar-refractivity contribution is 7.85. The number of nitrogens with zero attached hydrogens (tertiary/aromatic N) is 1. The Hall–Kier alpha value is -1.15. The highest BCUT2D eigenvalue weighted by atomic mass is 32.2. The minimum Gasteiger partial charge on any atom is -0.466 e. The van der Waals surface area contributed by atoms with Gasteiger partial charge in [-0.2, -0.15) is 8.42 Å². The maximum atomic E-state index is 11.9. The first-order valence-electron chi connectivity index (χ1n) is 6.44. The van der Waals surface area contributed by atoms with E-state index >= 15 is 0 Å². The first-order valence-corrected chi connectivity index (χ1v) is 7.81. The first kappa shape index (κ1) is 16.9. The van der Waals surface area contributed by atoms with Crippen molar-refractivity contribution in [2.75, 3.05) is 13.2 Å². The number of hydrogen-bond donors (Lipinski definition) is 0. The van der Waals surface area contributed by atoms with Crippen molar-refractivity contribution >= 4 is 22.2 Å². The van der Waals surface area contributed by atoms with Gasteiger partial charge in [-0.05, 0) is 27.7 Å². The Morgan fingerprint density at radius 2 is 1.90 bits per heavy atom. The lowest BCUT2D eigenvalue weighted by atomic mass is 9.95. The number of hydrogen-bond acceptors (Lipinski definition) is 6. The molecule has 1 heterocycles. The third-order valence-corrected chi connectivity index (χ3v) is 4.75. The normalized spacial score (nSPS) is 23.4. The molecule has 20 heavy (non-hydrogen) atoms. The van der Waals surface area contributed by atoms with E-state index in [9.17, 15) is 18.0 Å². The number of amides is 1. The fourth-order valence-corrected chi connectivity index (χ4v) is 3.24. The third-order valence-electron chi connectivity index (χ3n) is 3.34. The van der Waals surface area contributed by atoms with Gasteiger partial charge < -0.3 is 4.74 Å². The maximum Gasteiger partial charge on any atom is 0.364 e. The summed E-state index contributed by atoms with van der Waals surface area (Å²) >= 11 is 0.